The Morgan fingerprint density at radius 3 is 2.57 bits per heavy atom. The minimum Gasteiger partial charge on any atom is -0.503 e. The summed E-state index contributed by atoms with van der Waals surface area (Å²) in [4.78, 5) is 11.9. The van der Waals surface area contributed by atoms with Gasteiger partial charge in [0.15, 0.2) is 17.3 Å². The van der Waals surface area contributed by atoms with Gasteiger partial charge in [0.1, 0.15) is 5.82 Å². The molecule has 0 aliphatic heterocycles. The second kappa shape index (κ2) is 6.41. The predicted octanol–water partition coefficient (Wildman–Crippen LogP) is 4.09. The molecule has 0 aliphatic rings. The lowest BCUT2D eigenvalue weighted by atomic mass is 10.1. The van der Waals surface area contributed by atoms with Crippen LogP contribution in [0.5, 0.6) is 11.5 Å². The van der Waals surface area contributed by atoms with E-state index in [-0.39, 0.29) is 22.3 Å². The zero-order valence-electron chi connectivity index (χ0n) is 11.1. The highest BCUT2D eigenvalue weighted by Gasteiger charge is 2.08. The Bertz CT molecular complexity index is 693. The molecule has 0 amide bonds. The van der Waals surface area contributed by atoms with Crippen molar-refractivity contribution >= 4 is 23.5 Å². The third-order valence-electron chi connectivity index (χ3n) is 2.83. The summed E-state index contributed by atoms with van der Waals surface area (Å²) in [5.41, 5.74) is 0.981. The van der Waals surface area contributed by atoms with Gasteiger partial charge in [0.05, 0.1) is 12.1 Å². The van der Waals surface area contributed by atoms with Crippen molar-refractivity contribution < 1.29 is 19.0 Å². The predicted molar refractivity (Wildman–Crippen MR) is 79.4 cm³/mol. The normalized spacial score (nSPS) is 10.8. The van der Waals surface area contributed by atoms with E-state index < -0.39 is 5.82 Å². The molecule has 108 valence electrons. The highest BCUT2D eigenvalue weighted by Crippen LogP contribution is 2.35. The molecule has 0 unspecified atom stereocenters. The second-order valence-corrected chi connectivity index (χ2v) is 4.67. The highest BCUT2D eigenvalue weighted by atomic mass is 35.5. The van der Waals surface area contributed by atoms with Crippen LogP contribution < -0.4 is 4.74 Å². The van der Waals surface area contributed by atoms with Crippen molar-refractivity contribution in [1.82, 2.24) is 0 Å². The maximum Gasteiger partial charge on any atom is 0.185 e. The van der Waals surface area contributed by atoms with Crippen LogP contribution in [0.3, 0.4) is 0 Å². The molecule has 0 aromatic heterocycles. The first kappa shape index (κ1) is 15.1. The Labute approximate surface area is 126 Å². The molecule has 0 bridgehead atoms. The van der Waals surface area contributed by atoms with E-state index in [9.17, 15) is 14.3 Å². The summed E-state index contributed by atoms with van der Waals surface area (Å²) in [6, 6.07) is 8.32. The molecule has 1 N–H and O–H groups in total. The summed E-state index contributed by atoms with van der Waals surface area (Å²) in [5, 5.41) is 9.75. The van der Waals surface area contributed by atoms with Crippen LogP contribution >= 0.6 is 11.6 Å². The second-order valence-electron chi connectivity index (χ2n) is 4.26. The van der Waals surface area contributed by atoms with Crippen molar-refractivity contribution in [2.45, 2.75) is 0 Å². The molecule has 0 spiro atoms. The molecule has 0 radical (unpaired) electrons. The zero-order valence-corrected chi connectivity index (χ0v) is 11.9. The molecule has 5 heteroatoms. The van der Waals surface area contributed by atoms with Gasteiger partial charge < -0.3 is 9.84 Å². The lowest BCUT2D eigenvalue weighted by Crippen LogP contribution is -1.94. The topological polar surface area (TPSA) is 46.5 Å². The number of hydrogen-bond acceptors (Lipinski definition) is 3. The largest absolute Gasteiger partial charge is 0.503 e. The first-order valence-corrected chi connectivity index (χ1v) is 6.43. The van der Waals surface area contributed by atoms with E-state index in [1.807, 2.05) is 0 Å². The third-order valence-corrected chi connectivity index (χ3v) is 3.11. The number of aromatic hydroxyl groups is 1. The maximum atomic E-state index is 12.8. The van der Waals surface area contributed by atoms with Crippen LogP contribution in [-0.4, -0.2) is 18.0 Å². The summed E-state index contributed by atoms with van der Waals surface area (Å²) < 4.78 is 17.8. The van der Waals surface area contributed by atoms with Crippen molar-refractivity contribution in [3.8, 4) is 11.5 Å². The first-order valence-electron chi connectivity index (χ1n) is 6.05. The number of allylic oxidation sites excluding steroid dienone is 1. The van der Waals surface area contributed by atoms with Crippen LogP contribution in [0, 0.1) is 5.82 Å². The van der Waals surface area contributed by atoms with Gasteiger partial charge in [0, 0.05) is 5.56 Å². The number of ether oxygens (including phenoxy) is 1. The minimum atomic E-state index is -0.398. The van der Waals surface area contributed by atoms with E-state index in [4.69, 9.17) is 16.3 Å². The molecular formula is C16H12ClFO3. The molecule has 0 aliphatic carbocycles. The minimum absolute atomic E-state index is 0.128. The number of phenols is 1. The number of methoxy groups -OCH3 is 1. The number of hydrogen-bond donors (Lipinski definition) is 1. The Morgan fingerprint density at radius 1 is 1.29 bits per heavy atom. The first-order chi connectivity index (χ1) is 10.0. The Hall–Kier alpha value is -2.33. The summed E-state index contributed by atoms with van der Waals surface area (Å²) in [6.07, 6.45) is 2.88. The summed E-state index contributed by atoms with van der Waals surface area (Å²) >= 11 is 5.86. The standard InChI is InChI=1S/C16H12ClFO3/c1-21-15-9-10(8-13(17)16(15)20)2-7-14(19)11-3-5-12(18)6-4-11/h2-9,20H,1H3. The smallest absolute Gasteiger partial charge is 0.185 e. The van der Waals surface area contributed by atoms with Gasteiger partial charge in [-0.05, 0) is 48.0 Å². The number of carbonyl (C=O) groups is 1. The van der Waals surface area contributed by atoms with E-state index in [0.29, 0.717) is 11.1 Å². The van der Waals surface area contributed by atoms with Crippen molar-refractivity contribution in [2.75, 3.05) is 7.11 Å². The Kier molecular flexibility index (Phi) is 4.60. The molecule has 2 aromatic rings. The summed E-state index contributed by atoms with van der Waals surface area (Å²) in [6.45, 7) is 0. The quantitative estimate of drug-likeness (QED) is 0.683. The molecule has 0 saturated carbocycles. The average molecular weight is 307 g/mol. The van der Waals surface area contributed by atoms with E-state index in [0.717, 1.165) is 0 Å². The fraction of sp³-hybridized carbons (Fsp3) is 0.0625. The monoisotopic (exact) mass is 306 g/mol. The van der Waals surface area contributed by atoms with Gasteiger partial charge in [-0.2, -0.15) is 0 Å². The number of phenolic OH excluding ortho intramolecular Hbond substituents is 1. The SMILES string of the molecule is COc1cc(C=CC(=O)c2ccc(F)cc2)cc(Cl)c1O. The van der Waals surface area contributed by atoms with Gasteiger partial charge in [0.2, 0.25) is 0 Å². The van der Waals surface area contributed by atoms with Gasteiger partial charge in [-0.25, -0.2) is 4.39 Å². The molecule has 2 rings (SSSR count). The van der Waals surface area contributed by atoms with Crippen LogP contribution in [0.1, 0.15) is 15.9 Å². The lowest BCUT2D eigenvalue weighted by Gasteiger charge is -2.06. The maximum absolute atomic E-state index is 12.8. The summed E-state index contributed by atoms with van der Waals surface area (Å²) in [5.74, 6) is -0.596. The molecule has 21 heavy (non-hydrogen) atoms. The van der Waals surface area contributed by atoms with Gasteiger partial charge in [0.25, 0.3) is 0 Å². The van der Waals surface area contributed by atoms with Crippen LogP contribution in [-0.2, 0) is 0 Å². The molecular weight excluding hydrogens is 295 g/mol. The fourth-order valence-electron chi connectivity index (χ4n) is 1.73. The molecule has 2 aromatic carbocycles. The molecule has 0 saturated heterocycles. The summed E-state index contributed by atoms with van der Waals surface area (Å²) in [7, 11) is 1.41. The number of halogens is 2. The number of rotatable bonds is 4. The Morgan fingerprint density at radius 2 is 1.95 bits per heavy atom. The van der Waals surface area contributed by atoms with E-state index in [2.05, 4.69) is 0 Å². The fourth-order valence-corrected chi connectivity index (χ4v) is 1.95. The third kappa shape index (κ3) is 3.61. The molecule has 0 atom stereocenters. The van der Waals surface area contributed by atoms with Crippen LogP contribution in [0.25, 0.3) is 6.08 Å². The van der Waals surface area contributed by atoms with Crippen LogP contribution in [0.15, 0.2) is 42.5 Å². The van der Waals surface area contributed by atoms with Crippen molar-refractivity contribution in [2.24, 2.45) is 0 Å². The molecule has 0 heterocycles. The average Bonchev–Trinajstić information content (AvgIpc) is 2.48. The highest BCUT2D eigenvalue weighted by molar-refractivity contribution is 6.32. The van der Waals surface area contributed by atoms with Gasteiger partial charge in [-0.1, -0.05) is 17.7 Å². The molecule has 0 fully saturated rings. The van der Waals surface area contributed by atoms with E-state index >= 15 is 0 Å². The van der Waals surface area contributed by atoms with E-state index in [1.165, 1.54) is 43.5 Å². The van der Waals surface area contributed by atoms with Crippen LogP contribution in [0.2, 0.25) is 5.02 Å². The van der Waals surface area contributed by atoms with Crippen molar-refractivity contribution in [3.63, 3.8) is 0 Å². The lowest BCUT2D eigenvalue weighted by molar-refractivity contribution is 0.104. The number of ketones is 1. The van der Waals surface area contributed by atoms with Crippen molar-refractivity contribution in [3.05, 3.63) is 64.4 Å². The van der Waals surface area contributed by atoms with E-state index in [1.54, 1.807) is 12.1 Å². The van der Waals surface area contributed by atoms with Crippen LogP contribution in [0.4, 0.5) is 4.39 Å². The Balaban J connectivity index is 2.23. The number of carbonyl (C=O) groups excluding carboxylic acids is 1. The van der Waals surface area contributed by atoms with Crippen molar-refractivity contribution in [1.29, 1.82) is 0 Å². The number of benzene rings is 2. The zero-order chi connectivity index (χ0) is 15.4. The van der Waals surface area contributed by atoms with Gasteiger partial charge >= 0.3 is 0 Å². The van der Waals surface area contributed by atoms with Gasteiger partial charge in [-0.15, -0.1) is 0 Å². The van der Waals surface area contributed by atoms with Gasteiger partial charge in [-0.3, -0.25) is 4.79 Å². The molecule has 3 nitrogen and oxygen atoms in total.